The van der Waals surface area contributed by atoms with E-state index < -0.39 is 5.41 Å². The number of halogens is 1. The quantitative estimate of drug-likeness (QED) is 0.338. The predicted molar refractivity (Wildman–Crippen MR) is 81.2 cm³/mol. The Kier molecular flexibility index (Phi) is 5.39. The summed E-state index contributed by atoms with van der Waals surface area (Å²) in [7, 11) is 0. The Labute approximate surface area is 123 Å². The van der Waals surface area contributed by atoms with Crippen LogP contribution in [-0.2, 0) is 4.79 Å². The highest BCUT2D eigenvalue weighted by molar-refractivity contribution is 6.30. The van der Waals surface area contributed by atoms with Gasteiger partial charge in [-0.2, -0.15) is 0 Å². The molecule has 0 aromatic heterocycles. The fourth-order valence-corrected chi connectivity index (χ4v) is 2.38. The van der Waals surface area contributed by atoms with Crippen LogP contribution in [0.25, 0.3) is 0 Å². The van der Waals surface area contributed by atoms with E-state index in [4.69, 9.17) is 22.5 Å². The van der Waals surface area contributed by atoms with Gasteiger partial charge in [-0.15, -0.1) is 0 Å². The summed E-state index contributed by atoms with van der Waals surface area (Å²) in [6, 6.07) is 5.20. The minimum Gasteiger partial charge on any atom is -0.409 e. The van der Waals surface area contributed by atoms with Gasteiger partial charge in [-0.25, -0.2) is 0 Å². The lowest BCUT2D eigenvalue weighted by Gasteiger charge is -2.28. The summed E-state index contributed by atoms with van der Waals surface area (Å²) in [5.74, 6) is -0.366. The molecule has 6 heteroatoms. The van der Waals surface area contributed by atoms with E-state index in [9.17, 15) is 4.79 Å². The minimum atomic E-state index is -1.01. The average molecular weight is 298 g/mol. The van der Waals surface area contributed by atoms with Crippen molar-refractivity contribution < 1.29 is 10.0 Å². The van der Waals surface area contributed by atoms with Crippen LogP contribution in [0.5, 0.6) is 0 Å². The Morgan fingerprint density at radius 1 is 1.45 bits per heavy atom. The molecule has 0 radical (unpaired) electrons. The van der Waals surface area contributed by atoms with Crippen molar-refractivity contribution in [2.75, 3.05) is 5.32 Å². The first kappa shape index (κ1) is 16.3. The standard InChI is InChI=1S/C14H20ClN3O2/c1-4-14(5-2,12(16)18-20)13(19)17-11-7-6-10(15)8-9(11)3/h6-8,20H,4-5H2,1-3H3,(H2,16,18)(H,17,19). The lowest BCUT2D eigenvalue weighted by atomic mass is 9.80. The topological polar surface area (TPSA) is 87.7 Å². The number of oxime groups is 1. The van der Waals surface area contributed by atoms with Gasteiger partial charge in [0.15, 0.2) is 5.84 Å². The molecule has 0 unspecified atom stereocenters. The maximum atomic E-state index is 12.5. The number of nitrogens with zero attached hydrogens (tertiary/aromatic N) is 1. The Morgan fingerprint density at radius 2 is 2.05 bits per heavy atom. The maximum absolute atomic E-state index is 12.5. The highest BCUT2D eigenvalue weighted by Gasteiger charge is 2.39. The fraction of sp³-hybridized carbons (Fsp3) is 0.429. The molecule has 0 saturated carbocycles. The maximum Gasteiger partial charge on any atom is 0.238 e. The molecule has 1 aromatic rings. The molecular formula is C14H20ClN3O2. The number of hydrogen-bond acceptors (Lipinski definition) is 3. The number of nitrogens with two attached hydrogens (primary N) is 1. The number of amides is 1. The van der Waals surface area contributed by atoms with Crippen molar-refractivity contribution in [3.63, 3.8) is 0 Å². The summed E-state index contributed by atoms with van der Waals surface area (Å²) in [6.45, 7) is 5.51. The summed E-state index contributed by atoms with van der Waals surface area (Å²) in [6.07, 6.45) is 0.885. The fourth-order valence-electron chi connectivity index (χ4n) is 2.15. The van der Waals surface area contributed by atoms with Gasteiger partial charge in [-0.05, 0) is 43.5 Å². The third-order valence-electron chi connectivity index (χ3n) is 3.68. The molecule has 0 heterocycles. The van der Waals surface area contributed by atoms with E-state index in [-0.39, 0.29) is 11.7 Å². The molecule has 1 rings (SSSR count). The number of carbonyl (C=O) groups is 1. The second kappa shape index (κ2) is 6.61. The molecule has 0 aliphatic heterocycles. The first-order chi connectivity index (χ1) is 9.41. The number of anilines is 1. The van der Waals surface area contributed by atoms with Crippen LogP contribution in [0.1, 0.15) is 32.3 Å². The van der Waals surface area contributed by atoms with Crippen molar-refractivity contribution in [1.29, 1.82) is 0 Å². The van der Waals surface area contributed by atoms with Crippen LogP contribution in [-0.4, -0.2) is 17.0 Å². The van der Waals surface area contributed by atoms with Gasteiger partial charge in [-0.3, -0.25) is 4.79 Å². The summed E-state index contributed by atoms with van der Waals surface area (Å²) in [4.78, 5) is 12.5. The molecule has 0 saturated heterocycles. The Balaban J connectivity index is 3.09. The zero-order valence-corrected chi connectivity index (χ0v) is 12.7. The normalized spacial score (nSPS) is 12.3. The largest absolute Gasteiger partial charge is 0.409 e. The molecule has 1 aromatic carbocycles. The zero-order valence-electron chi connectivity index (χ0n) is 11.9. The number of benzene rings is 1. The van der Waals surface area contributed by atoms with Crippen LogP contribution < -0.4 is 11.1 Å². The minimum absolute atomic E-state index is 0.0772. The van der Waals surface area contributed by atoms with Crippen LogP contribution in [0.2, 0.25) is 5.02 Å². The number of rotatable bonds is 5. The predicted octanol–water partition coefficient (Wildman–Crippen LogP) is 3.14. The molecule has 0 aliphatic carbocycles. The molecule has 5 nitrogen and oxygen atoms in total. The summed E-state index contributed by atoms with van der Waals surface area (Å²) < 4.78 is 0. The van der Waals surface area contributed by atoms with Gasteiger partial charge in [-0.1, -0.05) is 30.6 Å². The number of nitrogens with one attached hydrogen (secondary N) is 1. The van der Waals surface area contributed by atoms with Crippen LogP contribution >= 0.6 is 11.6 Å². The highest BCUT2D eigenvalue weighted by Crippen LogP contribution is 2.30. The average Bonchev–Trinajstić information content (AvgIpc) is 2.43. The zero-order chi connectivity index (χ0) is 15.3. The van der Waals surface area contributed by atoms with Crippen molar-refractivity contribution in [3.05, 3.63) is 28.8 Å². The van der Waals surface area contributed by atoms with Gasteiger partial charge in [0, 0.05) is 10.7 Å². The van der Waals surface area contributed by atoms with Gasteiger partial charge < -0.3 is 16.3 Å². The number of aryl methyl sites for hydroxylation is 1. The molecule has 4 N–H and O–H groups in total. The Bertz CT molecular complexity index is 525. The molecule has 0 aliphatic rings. The molecule has 0 bridgehead atoms. The number of carbonyl (C=O) groups excluding carboxylic acids is 1. The van der Waals surface area contributed by atoms with E-state index in [1.54, 1.807) is 18.2 Å². The van der Waals surface area contributed by atoms with Gasteiger partial charge >= 0.3 is 0 Å². The first-order valence-corrected chi connectivity index (χ1v) is 6.84. The first-order valence-electron chi connectivity index (χ1n) is 6.46. The van der Waals surface area contributed by atoms with E-state index in [0.717, 1.165) is 5.56 Å². The summed E-state index contributed by atoms with van der Waals surface area (Å²) in [5.41, 5.74) is 6.21. The third kappa shape index (κ3) is 3.04. The van der Waals surface area contributed by atoms with Crippen LogP contribution in [0.3, 0.4) is 0 Å². The van der Waals surface area contributed by atoms with E-state index in [1.165, 1.54) is 0 Å². The second-order valence-corrected chi connectivity index (χ2v) is 5.12. The van der Waals surface area contributed by atoms with Crippen LogP contribution in [0.15, 0.2) is 23.4 Å². The summed E-state index contributed by atoms with van der Waals surface area (Å²) >= 11 is 5.89. The van der Waals surface area contributed by atoms with Crippen LogP contribution in [0, 0.1) is 12.3 Å². The van der Waals surface area contributed by atoms with E-state index in [2.05, 4.69) is 10.5 Å². The SMILES string of the molecule is CCC(CC)(C(=O)Nc1ccc(Cl)cc1C)C(N)=NO. The van der Waals surface area contributed by atoms with E-state index in [1.807, 2.05) is 20.8 Å². The molecule has 0 fully saturated rings. The van der Waals surface area contributed by atoms with Crippen molar-refractivity contribution >= 4 is 29.0 Å². The van der Waals surface area contributed by atoms with Gasteiger partial charge in [0.25, 0.3) is 0 Å². The third-order valence-corrected chi connectivity index (χ3v) is 3.91. The van der Waals surface area contributed by atoms with Gasteiger partial charge in [0.2, 0.25) is 5.91 Å². The van der Waals surface area contributed by atoms with E-state index >= 15 is 0 Å². The van der Waals surface area contributed by atoms with Gasteiger partial charge in [0.1, 0.15) is 5.41 Å². The molecule has 0 atom stereocenters. The Hall–Kier alpha value is -1.75. The van der Waals surface area contributed by atoms with E-state index in [0.29, 0.717) is 23.6 Å². The number of amidine groups is 1. The Morgan fingerprint density at radius 3 is 2.50 bits per heavy atom. The summed E-state index contributed by atoms with van der Waals surface area (Å²) in [5, 5.41) is 15.4. The van der Waals surface area contributed by atoms with Crippen molar-refractivity contribution in [2.45, 2.75) is 33.6 Å². The number of hydrogen-bond donors (Lipinski definition) is 3. The lowest BCUT2D eigenvalue weighted by molar-refractivity contribution is -0.122. The van der Waals surface area contributed by atoms with Crippen molar-refractivity contribution in [3.8, 4) is 0 Å². The molecular weight excluding hydrogens is 278 g/mol. The molecule has 20 heavy (non-hydrogen) atoms. The second-order valence-electron chi connectivity index (χ2n) is 4.69. The molecule has 0 spiro atoms. The lowest BCUT2D eigenvalue weighted by Crippen LogP contribution is -2.46. The molecule has 110 valence electrons. The monoisotopic (exact) mass is 297 g/mol. The van der Waals surface area contributed by atoms with Crippen molar-refractivity contribution in [2.24, 2.45) is 16.3 Å². The van der Waals surface area contributed by atoms with Crippen molar-refractivity contribution in [1.82, 2.24) is 0 Å². The van der Waals surface area contributed by atoms with Crippen LogP contribution in [0.4, 0.5) is 5.69 Å². The van der Waals surface area contributed by atoms with Gasteiger partial charge in [0.05, 0.1) is 0 Å². The molecule has 1 amide bonds. The highest BCUT2D eigenvalue weighted by atomic mass is 35.5. The smallest absolute Gasteiger partial charge is 0.238 e.